The minimum atomic E-state index is -0.0986. The number of amides is 2. The van der Waals surface area contributed by atoms with E-state index in [0.717, 1.165) is 31.5 Å². The van der Waals surface area contributed by atoms with Gasteiger partial charge < -0.3 is 10.6 Å². The van der Waals surface area contributed by atoms with E-state index in [1.165, 1.54) is 11.3 Å². The molecule has 0 spiro atoms. The molecule has 0 radical (unpaired) electrons. The smallest absolute Gasteiger partial charge is 0.228 e. The number of hydrogen-bond acceptors (Lipinski definition) is 4. The van der Waals surface area contributed by atoms with Crippen molar-refractivity contribution in [3.63, 3.8) is 0 Å². The number of carbonyl (C=O) groups is 2. The molecule has 2 aromatic carbocycles. The maximum atomic E-state index is 12.3. The zero-order chi connectivity index (χ0) is 19.6. The molecule has 0 aliphatic carbocycles. The number of thiazole rings is 1. The summed E-state index contributed by atoms with van der Waals surface area (Å²) >= 11 is 4.87. The SMILES string of the molecule is Cc1cc(NC(=O)Cc2ccc3nc(NC(=O)C(C)C)sc3c2)ccc1Br. The third kappa shape index (κ3) is 4.93. The first kappa shape index (κ1) is 19.5. The fourth-order valence-electron chi connectivity index (χ4n) is 2.50. The first-order valence-electron chi connectivity index (χ1n) is 8.58. The molecule has 0 aliphatic heterocycles. The minimum Gasteiger partial charge on any atom is -0.326 e. The molecule has 0 fully saturated rings. The lowest BCUT2D eigenvalue weighted by Crippen LogP contribution is -2.17. The molecule has 0 bridgehead atoms. The second kappa shape index (κ2) is 8.19. The molecular formula is C20H20BrN3O2S. The summed E-state index contributed by atoms with van der Waals surface area (Å²) in [6.45, 7) is 5.66. The number of rotatable bonds is 5. The number of nitrogens with one attached hydrogen (secondary N) is 2. The lowest BCUT2D eigenvalue weighted by atomic mass is 10.1. The van der Waals surface area contributed by atoms with Gasteiger partial charge in [0.2, 0.25) is 11.8 Å². The van der Waals surface area contributed by atoms with E-state index in [9.17, 15) is 9.59 Å². The molecule has 1 aromatic heterocycles. The van der Waals surface area contributed by atoms with Crippen LogP contribution in [0, 0.1) is 12.8 Å². The first-order valence-corrected chi connectivity index (χ1v) is 10.2. The van der Waals surface area contributed by atoms with Gasteiger partial charge in [0, 0.05) is 16.1 Å². The van der Waals surface area contributed by atoms with E-state index >= 15 is 0 Å². The van der Waals surface area contributed by atoms with Gasteiger partial charge in [-0.15, -0.1) is 0 Å². The Morgan fingerprint density at radius 3 is 2.63 bits per heavy atom. The summed E-state index contributed by atoms with van der Waals surface area (Å²) in [5, 5.41) is 6.32. The Morgan fingerprint density at radius 2 is 1.93 bits per heavy atom. The summed E-state index contributed by atoms with van der Waals surface area (Å²) in [6, 6.07) is 11.4. The molecule has 1 heterocycles. The second-order valence-corrected chi connectivity index (χ2v) is 8.54. The zero-order valence-electron chi connectivity index (χ0n) is 15.3. The molecule has 3 rings (SSSR count). The molecule has 0 saturated carbocycles. The van der Waals surface area contributed by atoms with E-state index < -0.39 is 0 Å². The molecule has 0 atom stereocenters. The number of aromatic nitrogens is 1. The van der Waals surface area contributed by atoms with Crippen LogP contribution < -0.4 is 10.6 Å². The van der Waals surface area contributed by atoms with Gasteiger partial charge in [-0.05, 0) is 48.4 Å². The molecule has 2 N–H and O–H groups in total. The van der Waals surface area contributed by atoms with Crippen molar-refractivity contribution in [3.05, 3.63) is 52.0 Å². The number of aryl methyl sites for hydroxylation is 1. The molecule has 140 valence electrons. The number of fused-ring (bicyclic) bond motifs is 1. The van der Waals surface area contributed by atoms with Crippen LogP contribution in [-0.4, -0.2) is 16.8 Å². The highest BCUT2D eigenvalue weighted by Crippen LogP contribution is 2.27. The van der Waals surface area contributed by atoms with Gasteiger partial charge in [-0.3, -0.25) is 9.59 Å². The Labute approximate surface area is 170 Å². The number of anilines is 2. The Morgan fingerprint density at radius 1 is 1.15 bits per heavy atom. The first-order chi connectivity index (χ1) is 12.8. The van der Waals surface area contributed by atoms with Gasteiger partial charge in [0.1, 0.15) is 0 Å². The van der Waals surface area contributed by atoms with E-state index in [1.807, 2.05) is 57.2 Å². The number of carbonyl (C=O) groups excluding carboxylic acids is 2. The highest BCUT2D eigenvalue weighted by Gasteiger charge is 2.12. The average Bonchev–Trinajstić information content (AvgIpc) is 2.99. The Kier molecular flexibility index (Phi) is 5.92. The fraction of sp³-hybridized carbons (Fsp3) is 0.250. The molecule has 0 saturated heterocycles. The molecule has 27 heavy (non-hydrogen) atoms. The summed E-state index contributed by atoms with van der Waals surface area (Å²) in [4.78, 5) is 28.6. The van der Waals surface area contributed by atoms with Crippen molar-refractivity contribution in [1.82, 2.24) is 4.98 Å². The summed E-state index contributed by atoms with van der Waals surface area (Å²) in [5.74, 6) is -0.231. The van der Waals surface area contributed by atoms with Crippen molar-refractivity contribution in [1.29, 1.82) is 0 Å². The summed E-state index contributed by atoms with van der Waals surface area (Å²) in [5.41, 5.74) is 3.55. The maximum absolute atomic E-state index is 12.3. The van der Waals surface area contributed by atoms with Gasteiger partial charge in [0.15, 0.2) is 5.13 Å². The number of hydrogen-bond donors (Lipinski definition) is 2. The normalized spacial score (nSPS) is 11.0. The third-order valence-electron chi connectivity index (χ3n) is 4.01. The molecule has 5 nitrogen and oxygen atoms in total. The monoisotopic (exact) mass is 445 g/mol. The van der Waals surface area contributed by atoms with Crippen LogP contribution >= 0.6 is 27.3 Å². The van der Waals surface area contributed by atoms with Crippen molar-refractivity contribution in [2.75, 3.05) is 10.6 Å². The molecule has 2 amide bonds. The van der Waals surface area contributed by atoms with Crippen molar-refractivity contribution in [2.24, 2.45) is 5.92 Å². The van der Waals surface area contributed by atoms with E-state index in [0.29, 0.717) is 5.13 Å². The highest BCUT2D eigenvalue weighted by atomic mass is 79.9. The fourth-order valence-corrected chi connectivity index (χ4v) is 3.67. The molecule has 0 aliphatic rings. The van der Waals surface area contributed by atoms with Gasteiger partial charge in [-0.1, -0.05) is 47.2 Å². The average molecular weight is 446 g/mol. The van der Waals surface area contributed by atoms with Crippen LogP contribution in [0.4, 0.5) is 10.8 Å². The Balaban J connectivity index is 1.70. The number of halogens is 1. The quantitative estimate of drug-likeness (QED) is 0.570. The lowest BCUT2D eigenvalue weighted by molar-refractivity contribution is -0.119. The van der Waals surface area contributed by atoms with Gasteiger partial charge >= 0.3 is 0 Å². The van der Waals surface area contributed by atoms with E-state index in [2.05, 4.69) is 31.5 Å². The molecule has 3 aromatic rings. The molecule has 7 heteroatoms. The van der Waals surface area contributed by atoms with Crippen LogP contribution in [0.5, 0.6) is 0 Å². The van der Waals surface area contributed by atoms with Gasteiger partial charge in [0.25, 0.3) is 0 Å². The Hall–Kier alpha value is -2.25. The summed E-state index contributed by atoms with van der Waals surface area (Å²) in [7, 11) is 0. The number of nitrogens with zero attached hydrogens (tertiary/aromatic N) is 1. The van der Waals surface area contributed by atoms with E-state index in [1.54, 1.807) is 0 Å². The maximum Gasteiger partial charge on any atom is 0.228 e. The zero-order valence-corrected chi connectivity index (χ0v) is 17.7. The van der Waals surface area contributed by atoms with Crippen LogP contribution in [0.25, 0.3) is 10.2 Å². The van der Waals surface area contributed by atoms with Gasteiger partial charge in [-0.25, -0.2) is 4.98 Å². The highest BCUT2D eigenvalue weighted by molar-refractivity contribution is 9.10. The van der Waals surface area contributed by atoms with Crippen LogP contribution in [0.2, 0.25) is 0 Å². The topological polar surface area (TPSA) is 71.1 Å². The van der Waals surface area contributed by atoms with E-state index in [-0.39, 0.29) is 24.2 Å². The lowest BCUT2D eigenvalue weighted by Gasteiger charge is -2.07. The van der Waals surface area contributed by atoms with Crippen LogP contribution in [0.15, 0.2) is 40.9 Å². The van der Waals surface area contributed by atoms with Gasteiger partial charge in [-0.2, -0.15) is 0 Å². The standard InChI is InChI=1S/C20H20BrN3O2S/c1-11(2)19(26)24-20-23-16-7-4-13(9-17(16)27-20)10-18(25)22-14-5-6-15(21)12(3)8-14/h4-9,11H,10H2,1-3H3,(H,22,25)(H,23,24,26). The van der Waals surface area contributed by atoms with Crippen molar-refractivity contribution >= 4 is 60.1 Å². The summed E-state index contributed by atoms with van der Waals surface area (Å²) in [6.07, 6.45) is 0.274. The van der Waals surface area contributed by atoms with Crippen LogP contribution in [-0.2, 0) is 16.0 Å². The van der Waals surface area contributed by atoms with Gasteiger partial charge in [0.05, 0.1) is 16.6 Å². The number of benzene rings is 2. The van der Waals surface area contributed by atoms with Crippen molar-refractivity contribution in [3.8, 4) is 0 Å². The predicted octanol–water partition coefficient (Wildman–Crippen LogP) is 5.14. The largest absolute Gasteiger partial charge is 0.326 e. The second-order valence-electron chi connectivity index (χ2n) is 6.65. The van der Waals surface area contributed by atoms with Crippen molar-refractivity contribution in [2.45, 2.75) is 27.2 Å². The summed E-state index contributed by atoms with van der Waals surface area (Å²) < 4.78 is 1.95. The molecule has 0 unspecified atom stereocenters. The minimum absolute atomic E-state index is 0.0570. The van der Waals surface area contributed by atoms with E-state index in [4.69, 9.17) is 0 Å². The Bertz CT molecular complexity index is 1010. The van der Waals surface area contributed by atoms with Crippen LogP contribution in [0.1, 0.15) is 25.0 Å². The molecular weight excluding hydrogens is 426 g/mol. The van der Waals surface area contributed by atoms with Crippen molar-refractivity contribution < 1.29 is 9.59 Å². The predicted molar refractivity (Wildman–Crippen MR) is 114 cm³/mol. The van der Waals surface area contributed by atoms with Crippen LogP contribution in [0.3, 0.4) is 0 Å². The third-order valence-corrected chi connectivity index (χ3v) is 5.84.